The number of hydrogen-bond acceptors (Lipinski definition) is 1. The predicted molar refractivity (Wildman–Crippen MR) is 84.5 cm³/mol. The maximum Gasteiger partial charge on any atom is 0.0844 e. The van der Waals surface area contributed by atoms with Gasteiger partial charge in [0.15, 0.2) is 0 Å². The standard InChI is InChI=1S/C18H32O/c1-3-5-7-9-11-13-15-17-18(19-17)16-14-12-10-8-6-4-2/h5,7,9,11,17-18H,3-4,6,8,10,12-16H2,1-2H3/b7-5+,11-9+. The van der Waals surface area contributed by atoms with Gasteiger partial charge in [-0.2, -0.15) is 0 Å². The summed E-state index contributed by atoms with van der Waals surface area (Å²) < 4.78 is 5.72. The molecule has 1 heterocycles. The summed E-state index contributed by atoms with van der Waals surface area (Å²) in [6.07, 6.45) is 23.0. The molecule has 1 heteroatoms. The van der Waals surface area contributed by atoms with Gasteiger partial charge in [0.05, 0.1) is 12.2 Å². The molecule has 0 saturated carbocycles. The fourth-order valence-electron chi connectivity index (χ4n) is 2.46. The number of unbranched alkanes of at least 4 members (excludes halogenated alkanes) is 5. The Hall–Kier alpha value is -0.560. The molecule has 1 nitrogen and oxygen atoms in total. The third-order valence-corrected chi connectivity index (χ3v) is 3.77. The number of epoxide rings is 1. The van der Waals surface area contributed by atoms with E-state index in [1.54, 1.807) is 0 Å². The van der Waals surface area contributed by atoms with E-state index < -0.39 is 0 Å². The average molecular weight is 264 g/mol. The molecule has 2 atom stereocenters. The highest BCUT2D eigenvalue weighted by atomic mass is 16.6. The third kappa shape index (κ3) is 9.04. The minimum atomic E-state index is 0.565. The molecule has 1 saturated heterocycles. The van der Waals surface area contributed by atoms with Gasteiger partial charge in [0.1, 0.15) is 0 Å². The summed E-state index contributed by atoms with van der Waals surface area (Å²) in [6.45, 7) is 4.43. The van der Waals surface area contributed by atoms with E-state index in [-0.39, 0.29) is 0 Å². The van der Waals surface area contributed by atoms with Crippen LogP contribution in [-0.2, 0) is 4.74 Å². The Morgan fingerprint density at radius 2 is 1.47 bits per heavy atom. The van der Waals surface area contributed by atoms with E-state index in [1.165, 1.54) is 51.4 Å². The van der Waals surface area contributed by atoms with Crippen molar-refractivity contribution in [1.29, 1.82) is 0 Å². The summed E-state index contributed by atoms with van der Waals surface area (Å²) in [6, 6.07) is 0. The molecule has 0 aromatic carbocycles. The average Bonchev–Trinajstić information content (AvgIpc) is 3.16. The number of hydrogen-bond donors (Lipinski definition) is 0. The van der Waals surface area contributed by atoms with Crippen LogP contribution < -0.4 is 0 Å². The van der Waals surface area contributed by atoms with Crippen LogP contribution in [-0.4, -0.2) is 12.2 Å². The monoisotopic (exact) mass is 264 g/mol. The Bertz CT molecular complexity index is 254. The molecule has 19 heavy (non-hydrogen) atoms. The first-order chi connectivity index (χ1) is 9.38. The third-order valence-electron chi connectivity index (χ3n) is 3.77. The minimum absolute atomic E-state index is 0.565. The zero-order valence-electron chi connectivity index (χ0n) is 12.9. The molecule has 110 valence electrons. The highest BCUT2D eigenvalue weighted by Crippen LogP contribution is 2.31. The van der Waals surface area contributed by atoms with Gasteiger partial charge < -0.3 is 4.74 Å². The number of ether oxygens (including phenoxy) is 1. The van der Waals surface area contributed by atoms with Gasteiger partial charge >= 0.3 is 0 Å². The number of allylic oxidation sites excluding steroid dienone is 4. The second kappa shape index (κ2) is 11.3. The highest BCUT2D eigenvalue weighted by molar-refractivity contribution is 5.02. The minimum Gasteiger partial charge on any atom is -0.370 e. The lowest BCUT2D eigenvalue weighted by molar-refractivity contribution is 0.352. The summed E-state index contributed by atoms with van der Waals surface area (Å²) in [5.74, 6) is 0. The zero-order valence-corrected chi connectivity index (χ0v) is 12.9. The van der Waals surface area contributed by atoms with E-state index in [1.807, 2.05) is 0 Å². The van der Waals surface area contributed by atoms with Crippen LogP contribution in [0.1, 0.15) is 78.1 Å². The van der Waals surface area contributed by atoms with Gasteiger partial charge in [-0.05, 0) is 25.7 Å². The SMILES string of the molecule is CC/C=C/C=C/CCC1OC1CCCCCCCC. The molecule has 1 fully saturated rings. The van der Waals surface area contributed by atoms with Crippen LogP contribution in [0.5, 0.6) is 0 Å². The van der Waals surface area contributed by atoms with E-state index in [0.29, 0.717) is 12.2 Å². The van der Waals surface area contributed by atoms with Gasteiger partial charge in [-0.1, -0.05) is 76.7 Å². The Kier molecular flexibility index (Phi) is 9.79. The molecule has 2 unspecified atom stereocenters. The molecule has 0 amide bonds. The molecular weight excluding hydrogens is 232 g/mol. The van der Waals surface area contributed by atoms with Gasteiger partial charge in [-0.15, -0.1) is 0 Å². The van der Waals surface area contributed by atoms with Gasteiger partial charge in [0, 0.05) is 0 Å². The molecule has 0 spiro atoms. The molecule has 0 bridgehead atoms. The van der Waals surface area contributed by atoms with E-state index in [0.717, 1.165) is 12.8 Å². The van der Waals surface area contributed by atoms with Crippen LogP contribution in [0.15, 0.2) is 24.3 Å². The topological polar surface area (TPSA) is 12.5 Å². The van der Waals surface area contributed by atoms with Crippen molar-refractivity contribution in [3.05, 3.63) is 24.3 Å². The summed E-state index contributed by atoms with van der Waals surface area (Å²) in [5.41, 5.74) is 0. The molecular formula is C18H32O. The lowest BCUT2D eigenvalue weighted by Gasteiger charge is -1.98. The lowest BCUT2D eigenvalue weighted by Crippen LogP contribution is -1.93. The largest absolute Gasteiger partial charge is 0.370 e. The van der Waals surface area contributed by atoms with Crippen molar-refractivity contribution < 1.29 is 4.74 Å². The maximum atomic E-state index is 5.72. The van der Waals surface area contributed by atoms with Gasteiger partial charge in [0.2, 0.25) is 0 Å². The smallest absolute Gasteiger partial charge is 0.0844 e. The molecule has 1 rings (SSSR count). The first-order valence-corrected chi connectivity index (χ1v) is 8.35. The number of rotatable bonds is 12. The van der Waals surface area contributed by atoms with Crippen molar-refractivity contribution in [3.8, 4) is 0 Å². The zero-order chi connectivity index (χ0) is 13.8. The van der Waals surface area contributed by atoms with Gasteiger partial charge in [-0.25, -0.2) is 0 Å². The molecule has 1 aliphatic heterocycles. The molecule has 1 aliphatic rings. The summed E-state index contributed by atoms with van der Waals surface area (Å²) in [4.78, 5) is 0. The molecule has 0 aliphatic carbocycles. The van der Waals surface area contributed by atoms with Crippen LogP contribution in [0.3, 0.4) is 0 Å². The summed E-state index contributed by atoms with van der Waals surface area (Å²) in [5, 5.41) is 0. The first kappa shape index (κ1) is 16.5. The van der Waals surface area contributed by atoms with Crippen molar-refractivity contribution in [2.45, 2.75) is 90.3 Å². The predicted octanol–water partition coefficient (Wildman–Crippen LogP) is 5.81. The first-order valence-electron chi connectivity index (χ1n) is 8.35. The second-order valence-corrected chi connectivity index (χ2v) is 5.61. The molecule has 0 radical (unpaired) electrons. The van der Waals surface area contributed by atoms with Crippen LogP contribution in [0.2, 0.25) is 0 Å². The van der Waals surface area contributed by atoms with Crippen LogP contribution in [0.25, 0.3) is 0 Å². The summed E-state index contributed by atoms with van der Waals surface area (Å²) >= 11 is 0. The van der Waals surface area contributed by atoms with Gasteiger partial charge in [-0.3, -0.25) is 0 Å². The van der Waals surface area contributed by atoms with E-state index in [9.17, 15) is 0 Å². The Morgan fingerprint density at radius 3 is 2.26 bits per heavy atom. The summed E-state index contributed by atoms with van der Waals surface area (Å²) in [7, 11) is 0. The van der Waals surface area contributed by atoms with Crippen molar-refractivity contribution in [3.63, 3.8) is 0 Å². The quantitative estimate of drug-likeness (QED) is 0.246. The molecule has 0 aromatic heterocycles. The normalized spacial score (nSPS) is 22.6. The van der Waals surface area contributed by atoms with Gasteiger partial charge in [0.25, 0.3) is 0 Å². The fourth-order valence-corrected chi connectivity index (χ4v) is 2.46. The fraction of sp³-hybridized carbons (Fsp3) is 0.778. The van der Waals surface area contributed by atoms with E-state index in [2.05, 4.69) is 38.2 Å². The van der Waals surface area contributed by atoms with E-state index in [4.69, 9.17) is 4.74 Å². The van der Waals surface area contributed by atoms with Crippen molar-refractivity contribution in [2.75, 3.05) is 0 Å². The van der Waals surface area contributed by atoms with Crippen LogP contribution in [0.4, 0.5) is 0 Å². The van der Waals surface area contributed by atoms with Crippen molar-refractivity contribution in [1.82, 2.24) is 0 Å². The van der Waals surface area contributed by atoms with Crippen LogP contribution in [0, 0.1) is 0 Å². The van der Waals surface area contributed by atoms with Crippen molar-refractivity contribution >= 4 is 0 Å². The Labute approximate surface area is 120 Å². The van der Waals surface area contributed by atoms with E-state index >= 15 is 0 Å². The Morgan fingerprint density at radius 1 is 0.789 bits per heavy atom. The second-order valence-electron chi connectivity index (χ2n) is 5.61. The highest BCUT2D eigenvalue weighted by Gasteiger charge is 2.36. The van der Waals surface area contributed by atoms with Crippen LogP contribution >= 0.6 is 0 Å². The lowest BCUT2D eigenvalue weighted by atomic mass is 10.1. The molecule has 0 aromatic rings. The Balaban J connectivity index is 1.86. The maximum absolute atomic E-state index is 5.72. The van der Waals surface area contributed by atoms with Crippen molar-refractivity contribution in [2.24, 2.45) is 0 Å². The molecule has 0 N–H and O–H groups in total.